The molecule has 226 valence electrons. The molecule has 0 bridgehead atoms. The Hall–Kier alpha value is -4.26. The molecule has 0 aliphatic carbocycles. The van der Waals surface area contributed by atoms with E-state index < -0.39 is 59.5 Å². The third-order valence-corrected chi connectivity index (χ3v) is 5.54. The first kappa shape index (κ1) is 34.8. The minimum absolute atomic E-state index is 0.0814. The van der Waals surface area contributed by atoms with Gasteiger partial charge in [0.15, 0.2) is 6.04 Å². The summed E-state index contributed by atoms with van der Waals surface area (Å²) in [4.78, 5) is 71.5. The van der Waals surface area contributed by atoms with Gasteiger partial charge in [0.05, 0.1) is 19.2 Å². The summed E-state index contributed by atoms with van der Waals surface area (Å²) in [6.45, 7) is 8.43. The Kier molecular flexibility index (Phi) is 13.7. The van der Waals surface area contributed by atoms with Gasteiger partial charge in [-0.3, -0.25) is 14.9 Å². The third kappa shape index (κ3) is 12.2. The summed E-state index contributed by atoms with van der Waals surface area (Å²) >= 11 is 0. The molecule has 1 aromatic rings. The number of benzene rings is 1. The number of hydrogen-bond donors (Lipinski definition) is 3. The largest absolute Gasteiger partial charge is 0.480 e. The monoisotopic (exact) mass is 577 g/mol. The van der Waals surface area contributed by atoms with Crippen molar-refractivity contribution in [2.45, 2.75) is 71.2 Å². The van der Waals surface area contributed by atoms with Crippen molar-refractivity contribution in [2.24, 2.45) is 0 Å². The van der Waals surface area contributed by atoms with Crippen molar-refractivity contribution in [1.82, 2.24) is 15.1 Å². The Labute approximate surface area is 239 Å². The van der Waals surface area contributed by atoms with E-state index in [9.17, 15) is 33.9 Å². The summed E-state index contributed by atoms with van der Waals surface area (Å²) in [5, 5.41) is 20.4. The second-order valence-corrected chi connectivity index (χ2v) is 10.1. The number of amides is 3. The topological polar surface area (TPSA) is 180 Å². The van der Waals surface area contributed by atoms with E-state index in [1.807, 2.05) is 30.3 Å². The molecule has 1 heterocycles. The molecule has 1 aliphatic rings. The van der Waals surface area contributed by atoms with Gasteiger partial charge in [-0.25, -0.2) is 24.1 Å². The molecule has 0 spiro atoms. The predicted octanol–water partition coefficient (Wildman–Crippen LogP) is 1.85. The van der Waals surface area contributed by atoms with Crippen LogP contribution in [0.25, 0.3) is 0 Å². The number of carboxylic acid groups (broad SMARTS) is 2. The number of carboxylic acids is 2. The molecule has 3 atom stereocenters. The van der Waals surface area contributed by atoms with Gasteiger partial charge < -0.3 is 24.6 Å². The molecule has 1 fully saturated rings. The number of likely N-dealkylation sites (N-methyl/N-ethyl adjacent to an activating group) is 1. The molecule has 0 saturated carbocycles. The Balaban J connectivity index is 0.000000590. The van der Waals surface area contributed by atoms with Crippen molar-refractivity contribution in [3.63, 3.8) is 0 Å². The highest BCUT2D eigenvalue weighted by Crippen LogP contribution is 2.17. The smallest absolute Gasteiger partial charge is 0.331 e. The predicted molar refractivity (Wildman–Crippen MR) is 147 cm³/mol. The molecule has 13 nitrogen and oxygen atoms in total. The van der Waals surface area contributed by atoms with Crippen LogP contribution in [-0.2, 0) is 39.9 Å². The fourth-order valence-corrected chi connectivity index (χ4v) is 3.70. The number of aliphatic carboxylic acids is 2. The number of esters is 2. The van der Waals surface area contributed by atoms with Crippen LogP contribution >= 0.6 is 0 Å². The fourth-order valence-electron chi connectivity index (χ4n) is 3.70. The number of aryl methyl sites for hydroxylation is 1. The van der Waals surface area contributed by atoms with Crippen molar-refractivity contribution in [3.8, 4) is 0 Å². The summed E-state index contributed by atoms with van der Waals surface area (Å²) in [5.41, 5.74) is 0.449. The van der Waals surface area contributed by atoms with Gasteiger partial charge in [0, 0.05) is 19.2 Å². The van der Waals surface area contributed by atoms with E-state index in [2.05, 4.69) is 5.32 Å². The van der Waals surface area contributed by atoms with Crippen LogP contribution in [0.1, 0.15) is 46.6 Å². The molecular weight excluding hydrogens is 538 g/mol. The van der Waals surface area contributed by atoms with E-state index in [0.717, 1.165) is 22.6 Å². The van der Waals surface area contributed by atoms with Crippen LogP contribution in [0.3, 0.4) is 0 Å². The van der Waals surface area contributed by atoms with Crippen LogP contribution < -0.4 is 5.32 Å². The number of rotatable bonds is 11. The lowest BCUT2D eigenvalue weighted by Crippen LogP contribution is -2.54. The molecule has 2 unspecified atom stereocenters. The van der Waals surface area contributed by atoms with Crippen LogP contribution in [0, 0.1) is 0 Å². The first-order valence-electron chi connectivity index (χ1n) is 13.0. The Morgan fingerprint density at radius 2 is 1.71 bits per heavy atom. The first-order chi connectivity index (χ1) is 19.1. The number of imide groups is 1. The highest BCUT2D eigenvalue weighted by molar-refractivity contribution is 6.02. The maximum absolute atomic E-state index is 12.8. The van der Waals surface area contributed by atoms with E-state index in [1.165, 1.54) is 18.9 Å². The van der Waals surface area contributed by atoms with E-state index >= 15 is 0 Å². The summed E-state index contributed by atoms with van der Waals surface area (Å²) in [5.74, 6) is -4.26. The number of nitrogens with one attached hydrogen (secondary N) is 1. The minimum Gasteiger partial charge on any atom is -0.480 e. The summed E-state index contributed by atoms with van der Waals surface area (Å²) < 4.78 is 9.90. The molecular formula is C28H39N3O10. The fraction of sp³-hybridized carbons (Fsp3) is 0.500. The average Bonchev–Trinajstić information content (AvgIpc) is 3.19. The molecule has 2 rings (SSSR count). The lowest BCUT2D eigenvalue weighted by molar-refractivity contribution is -0.149. The molecule has 3 N–H and O–H groups in total. The van der Waals surface area contributed by atoms with Gasteiger partial charge in [-0.15, -0.1) is 0 Å². The Morgan fingerprint density at radius 3 is 2.22 bits per heavy atom. The minimum atomic E-state index is -1.26. The van der Waals surface area contributed by atoms with Gasteiger partial charge in [0.25, 0.3) is 0 Å². The zero-order valence-electron chi connectivity index (χ0n) is 24.2. The lowest BCUT2D eigenvalue weighted by Gasteiger charge is -2.26. The zero-order chi connectivity index (χ0) is 31.3. The zero-order valence-corrected chi connectivity index (χ0v) is 24.2. The van der Waals surface area contributed by atoms with Crippen molar-refractivity contribution >= 4 is 35.8 Å². The quantitative estimate of drug-likeness (QED) is 0.258. The Morgan fingerprint density at radius 1 is 1.10 bits per heavy atom. The summed E-state index contributed by atoms with van der Waals surface area (Å²) in [6, 6.07) is 5.92. The van der Waals surface area contributed by atoms with Gasteiger partial charge in [-0.2, -0.15) is 0 Å². The van der Waals surface area contributed by atoms with Crippen LogP contribution in [0.2, 0.25) is 0 Å². The average molecular weight is 578 g/mol. The Bertz CT molecular complexity index is 1110. The molecule has 0 radical (unpaired) electrons. The molecule has 1 aliphatic heterocycles. The molecule has 13 heteroatoms. The van der Waals surface area contributed by atoms with Crippen molar-refractivity contribution in [3.05, 3.63) is 48.0 Å². The molecule has 0 aromatic heterocycles. The van der Waals surface area contributed by atoms with Gasteiger partial charge in [0.1, 0.15) is 11.6 Å². The second kappa shape index (κ2) is 16.1. The maximum Gasteiger partial charge on any atom is 0.331 e. The normalized spacial score (nSPS) is 16.4. The maximum atomic E-state index is 12.8. The number of urea groups is 1. The molecule has 1 saturated heterocycles. The van der Waals surface area contributed by atoms with E-state index in [1.54, 1.807) is 27.7 Å². The number of ether oxygens (including phenoxy) is 2. The molecule has 3 amide bonds. The lowest BCUT2D eigenvalue weighted by atomic mass is 10.0. The SMILES string of the molecule is CC(C)(C)OC(=O)/C=C\C(=O)O.CCOC(=O)C(CCc1ccccc1)NC(C)C(=O)N1C(=O)N(C)C[C@H]1C(=O)O. The second-order valence-electron chi connectivity index (χ2n) is 10.1. The highest BCUT2D eigenvalue weighted by Gasteiger charge is 2.45. The van der Waals surface area contributed by atoms with Crippen LogP contribution in [0.15, 0.2) is 42.5 Å². The van der Waals surface area contributed by atoms with Gasteiger partial charge in [0.2, 0.25) is 5.91 Å². The van der Waals surface area contributed by atoms with Crippen LogP contribution in [-0.4, -0.2) is 99.8 Å². The number of carbonyl (C=O) groups is 6. The van der Waals surface area contributed by atoms with E-state index in [-0.39, 0.29) is 13.2 Å². The van der Waals surface area contributed by atoms with Crippen molar-refractivity contribution in [2.75, 3.05) is 20.2 Å². The molecule has 1 aromatic carbocycles. The van der Waals surface area contributed by atoms with Gasteiger partial charge in [-0.05, 0) is 53.0 Å². The van der Waals surface area contributed by atoms with Crippen molar-refractivity contribution < 1.29 is 48.5 Å². The van der Waals surface area contributed by atoms with E-state index in [0.29, 0.717) is 12.8 Å². The summed E-state index contributed by atoms with van der Waals surface area (Å²) in [7, 11) is 1.44. The first-order valence-corrected chi connectivity index (χ1v) is 13.0. The van der Waals surface area contributed by atoms with Crippen molar-refractivity contribution in [1.29, 1.82) is 0 Å². The number of carbonyl (C=O) groups excluding carboxylic acids is 4. The van der Waals surface area contributed by atoms with Crippen LogP contribution in [0.5, 0.6) is 0 Å². The van der Waals surface area contributed by atoms with Gasteiger partial charge in [-0.1, -0.05) is 30.3 Å². The summed E-state index contributed by atoms with van der Waals surface area (Å²) in [6.07, 6.45) is 2.60. The molecule has 41 heavy (non-hydrogen) atoms. The van der Waals surface area contributed by atoms with Crippen LogP contribution in [0.4, 0.5) is 4.79 Å². The standard InChI is InChI=1S/C20H27N3O6.C8H12O4/c1-4-29-19(27)15(11-10-14-8-6-5-7-9-14)21-13(2)17(24)23-16(18(25)26)12-22(3)20(23)28;1-8(2,3)12-7(11)5-4-6(9)10/h5-9,13,15-16,21H,4,10-12H2,1-3H3,(H,25,26);4-5H,1-3H3,(H,9,10)/b;5-4-/t13?,15?,16-;/m0./s1. The number of hydrogen-bond acceptors (Lipinski definition) is 9. The number of nitrogens with zero attached hydrogens (tertiary/aromatic N) is 2. The van der Waals surface area contributed by atoms with E-state index in [4.69, 9.17) is 14.6 Å². The highest BCUT2D eigenvalue weighted by atomic mass is 16.6. The third-order valence-electron chi connectivity index (χ3n) is 5.54. The van der Waals surface area contributed by atoms with Gasteiger partial charge >= 0.3 is 29.9 Å².